The van der Waals surface area contributed by atoms with Gasteiger partial charge in [0.25, 0.3) is 0 Å². The summed E-state index contributed by atoms with van der Waals surface area (Å²) in [6.45, 7) is 8.73. The lowest BCUT2D eigenvalue weighted by molar-refractivity contribution is 0.215. The summed E-state index contributed by atoms with van der Waals surface area (Å²) in [5.74, 6) is 2.77. The highest BCUT2D eigenvalue weighted by atomic mass is 15.1. The van der Waals surface area contributed by atoms with E-state index in [0.717, 1.165) is 23.8 Å². The Labute approximate surface area is 120 Å². The molecule has 2 atom stereocenters. The molecular weight excluding hydrogens is 232 g/mol. The van der Waals surface area contributed by atoms with E-state index >= 15 is 0 Å². The predicted molar refractivity (Wildman–Crippen MR) is 83.4 cm³/mol. The fraction of sp³-hybridized carbons (Fsp3) is 1.00. The van der Waals surface area contributed by atoms with E-state index < -0.39 is 0 Å². The Bertz CT molecular complexity index is 246. The fourth-order valence-electron chi connectivity index (χ4n) is 4.14. The van der Waals surface area contributed by atoms with Crippen molar-refractivity contribution in [3.05, 3.63) is 0 Å². The first-order valence-electron chi connectivity index (χ1n) is 8.60. The van der Waals surface area contributed by atoms with E-state index in [1.807, 2.05) is 0 Å². The van der Waals surface area contributed by atoms with Crippen molar-refractivity contribution in [3.8, 4) is 0 Å². The van der Waals surface area contributed by atoms with E-state index in [2.05, 4.69) is 31.1 Å². The molecule has 0 aromatic heterocycles. The molecule has 1 aliphatic heterocycles. The molecule has 0 radical (unpaired) electrons. The Kier molecular flexibility index (Phi) is 6.15. The van der Waals surface area contributed by atoms with Gasteiger partial charge in [0.05, 0.1) is 0 Å². The van der Waals surface area contributed by atoms with E-state index in [9.17, 15) is 0 Å². The van der Waals surface area contributed by atoms with E-state index in [1.165, 1.54) is 64.6 Å². The topological polar surface area (TPSA) is 15.3 Å². The van der Waals surface area contributed by atoms with Gasteiger partial charge in [0, 0.05) is 12.6 Å². The second kappa shape index (κ2) is 7.64. The normalized spacial score (nSPS) is 28.7. The van der Waals surface area contributed by atoms with Crippen LogP contribution in [0.5, 0.6) is 0 Å². The lowest BCUT2D eigenvalue weighted by atomic mass is 9.89. The van der Waals surface area contributed by atoms with Crippen LogP contribution in [0.1, 0.15) is 58.8 Å². The minimum absolute atomic E-state index is 0.734. The first-order chi connectivity index (χ1) is 9.20. The summed E-state index contributed by atoms with van der Waals surface area (Å²) in [6.07, 6.45) is 10.1. The van der Waals surface area contributed by atoms with Gasteiger partial charge in [-0.1, -0.05) is 26.7 Å². The zero-order valence-corrected chi connectivity index (χ0v) is 13.3. The zero-order valence-electron chi connectivity index (χ0n) is 13.3. The molecule has 2 rings (SSSR count). The maximum absolute atomic E-state index is 3.60. The summed E-state index contributed by atoms with van der Waals surface area (Å²) in [4.78, 5) is 2.74. The summed E-state index contributed by atoms with van der Waals surface area (Å²) >= 11 is 0. The first-order valence-corrected chi connectivity index (χ1v) is 8.60. The highest BCUT2D eigenvalue weighted by Gasteiger charge is 2.27. The Morgan fingerprint density at radius 2 is 1.63 bits per heavy atom. The summed E-state index contributed by atoms with van der Waals surface area (Å²) in [5.41, 5.74) is 0. The highest BCUT2D eigenvalue weighted by Crippen LogP contribution is 2.29. The van der Waals surface area contributed by atoms with Crippen molar-refractivity contribution in [1.82, 2.24) is 10.2 Å². The average Bonchev–Trinajstić information content (AvgIpc) is 2.82. The minimum Gasteiger partial charge on any atom is -0.315 e. The molecule has 2 heteroatoms. The van der Waals surface area contributed by atoms with Crippen molar-refractivity contribution < 1.29 is 0 Å². The predicted octanol–water partition coefficient (Wildman–Crippen LogP) is 3.52. The first kappa shape index (κ1) is 15.3. The average molecular weight is 266 g/mol. The second-order valence-electron chi connectivity index (χ2n) is 7.18. The lowest BCUT2D eigenvalue weighted by Gasteiger charge is -2.30. The molecule has 1 saturated heterocycles. The van der Waals surface area contributed by atoms with Crippen molar-refractivity contribution >= 4 is 0 Å². The SMILES string of the molecule is CNC(CN1CCCC(C(C)C)CC1)C1CCCC1. The molecule has 2 fully saturated rings. The molecule has 2 unspecified atom stereocenters. The molecule has 1 N–H and O–H groups in total. The van der Waals surface area contributed by atoms with Crippen LogP contribution in [-0.2, 0) is 0 Å². The van der Waals surface area contributed by atoms with Gasteiger partial charge in [0.2, 0.25) is 0 Å². The number of nitrogens with one attached hydrogen (secondary N) is 1. The molecule has 0 amide bonds. The van der Waals surface area contributed by atoms with Crippen LogP contribution in [0.4, 0.5) is 0 Å². The van der Waals surface area contributed by atoms with Gasteiger partial charge < -0.3 is 10.2 Å². The molecule has 1 saturated carbocycles. The monoisotopic (exact) mass is 266 g/mol. The molecule has 0 bridgehead atoms. The van der Waals surface area contributed by atoms with Crippen LogP contribution in [-0.4, -0.2) is 37.6 Å². The number of nitrogens with zero attached hydrogens (tertiary/aromatic N) is 1. The Morgan fingerprint density at radius 1 is 0.947 bits per heavy atom. The van der Waals surface area contributed by atoms with Crippen LogP contribution >= 0.6 is 0 Å². The summed E-state index contributed by atoms with van der Waals surface area (Å²) < 4.78 is 0. The van der Waals surface area contributed by atoms with Gasteiger partial charge in [-0.15, -0.1) is 0 Å². The van der Waals surface area contributed by atoms with Gasteiger partial charge in [0.15, 0.2) is 0 Å². The Balaban J connectivity index is 1.80. The van der Waals surface area contributed by atoms with Gasteiger partial charge in [-0.25, -0.2) is 0 Å². The fourth-order valence-corrected chi connectivity index (χ4v) is 4.14. The van der Waals surface area contributed by atoms with E-state index in [0.29, 0.717) is 0 Å². The zero-order chi connectivity index (χ0) is 13.7. The third kappa shape index (κ3) is 4.46. The molecule has 1 heterocycles. The van der Waals surface area contributed by atoms with Gasteiger partial charge in [-0.3, -0.25) is 0 Å². The molecule has 1 aliphatic carbocycles. The highest BCUT2D eigenvalue weighted by molar-refractivity contribution is 4.83. The molecule has 0 spiro atoms. The molecule has 2 nitrogen and oxygen atoms in total. The Morgan fingerprint density at radius 3 is 2.26 bits per heavy atom. The summed E-state index contributed by atoms with van der Waals surface area (Å²) in [5, 5.41) is 3.60. The van der Waals surface area contributed by atoms with Crippen molar-refractivity contribution in [2.45, 2.75) is 64.8 Å². The molecule has 0 aromatic rings. The van der Waals surface area contributed by atoms with Gasteiger partial charge >= 0.3 is 0 Å². The standard InChI is InChI=1S/C17H34N2/c1-14(2)15-9-6-11-19(12-10-15)13-17(18-3)16-7-4-5-8-16/h14-18H,4-13H2,1-3H3. The summed E-state index contributed by atoms with van der Waals surface area (Å²) in [7, 11) is 2.16. The number of likely N-dealkylation sites (N-methyl/N-ethyl adjacent to an activating group) is 1. The van der Waals surface area contributed by atoms with Crippen molar-refractivity contribution in [2.24, 2.45) is 17.8 Å². The number of hydrogen-bond acceptors (Lipinski definition) is 2. The van der Waals surface area contributed by atoms with Crippen LogP contribution in [0, 0.1) is 17.8 Å². The molecule has 112 valence electrons. The van der Waals surface area contributed by atoms with E-state index in [-0.39, 0.29) is 0 Å². The van der Waals surface area contributed by atoms with Crippen LogP contribution < -0.4 is 5.32 Å². The van der Waals surface area contributed by atoms with Crippen LogP contribution in [0.3, 0.4) is 0 Å². The number of likely N-dealkylation sites (tertiary alicyclic amines) is 1. The minimum atomic E-state index is 0.734. The molecule has 2 aliphatic rings. The van der Waals surface area contributed by atoms with E-state index in [4.69, 9.17) is 0 Å². The van der Waals surface area contributed by atoms with Gasteiger partial charge in [-0.2, -0.15) is 0 Å². The molecule has 0 aromatic carbocycles. The molecular formula is C17H34N2. The smallest absolute Gasteiger partial charge is 0.0220 e. The van der Waals surface area contributed by atoms with Crippen LogP contribution in [0.15, 0.2) is 0 Å². The maximum atomic E-state index is 3.60. The summed E-state index contributed by atoms with van der Waals surface area (Å²) in [6, 6.07) is 0.734. The number of rotatable bonds is 5. The lowest BCUT2D eigenvalue weighted by Crippen LogP contribution is -2.44. The van der Waals surface area contributed by atoms with Crippen molar-refractivity contribution in [3.63, 3.8) is 0 Å². The van der Waals surface area contributed by atoms with Gasteiger partial charge in [0.1, 0.15) is 0 Å². The second-order valence-corrected chi connectivity index (χ2v) is 7.18. The maximum Gasteiger partial charge on any atom is 0.0220 e. The quantitative estimate of drug-likeness (QED) is 0.819. The third-order valence-corrected chi connectivity index (χ3v) is 5.60. The largest absolute Gasteiger partial charge is 0.315 e. The van der Waals surface area contributed by atoms with Gasteiger partial charge in [-0.05, 0) is 70.0 Å². The molecule has 19 heavy (non-hydrogen) atoms. The van der Waals surface area contributed by atoms with Crippen LogP contribution in [0.2, 0.25) is 0 Å². The number of hydrogen-bond donors (Lipinski definition) is 1. The van der Waals surface area contributed by atoms with Crippen LogP contribution in [0.25, 0.3) is 0 Å². The van der Waals surface area contributed by atoms with Crippen molar-refractivity contribution in [2.75, 3.05) is 26.7 Å². The Hall–Kier alpha value is -0.0800. The van der Waals surface area contributed by atoms with Crippen molar-refractivity contribution in [1.29, 1.82) is 0 Å². The van der Waals surface area contributed by atoms with E-state index in [1.54, 1.807) is 0 Å². The third-order valence-electron chi connectivity index (χ3n) is 5.60.